The Kier molecular flexibility index (Phi) is 3.61. The fourth-order valence-electron chi connectivity index (χ4n) is 1.65. The molecule has 0 amide bonds. The van der Waals surface area contributed by atoms with Crippen LogP contribution in [-0.4, -0.2) is 25.5 Å². The third-order valence-electron chi connectivity index (χ3n) is 2.91. The molecule has 0 bridgehead atoms. The Balaban J connectivity index is 2.32. The van der Waals surface area contributed by atoms with Crippen molar-refractivity contribution >= 4 is 27.6 Å². The van der Waals surface area contributed by atoms with Crippen molar-refractivity contribution in [2.45, 2.75) is 30.2 Å². The van der Waals surface area contributed by atoms with Crippen LogP contribution in [0, 0.1) is 0 Å². The van der Waals surface area contributed by atoms with Crippen molar-refractivity contribution in [2.24, 2.45) is 0 Å². The molecule has 1 aromatic rings. The zero-order valence-electron chi connectivity index (χ0n) is 9.39. The molecular formula is C11H12ClNO4S. The van der Waals surface area contributed by atoms with Gasteiger partial charge in [-0.05, 0) is 31.0 Å². The van der Waals surface area contributed by atoms with Crippen molar-refractivity contribution in [2.75, 3.05) is 0 Å². The number of hydrogen-bond donors (Lipinski definition) is 2. The summed E-state index contributed by atoms with van der Waals surface area (Å²) < 4.78 is 26.5. The van der Waals surface area contributed by atoms with E-state index in [1.807, 2.05) is 0 Å². The number of hydrogen-bond acceptors (Lipinski definition) is 3. The molecule has 18 heavy (non-hydrogen) atoms. The summed E-state index contributed by atoms with van der Waals surface area (Å²) >= 11 is 5.69. The smallest absolute Gasteiger partial charge is 0.337 e. The molecule has 1 aliphatic rings. The predicted molar refractivity (Wildman–Crippen MR) is 66.4 cm³/mol. The third kappa shape index (κ3) is 2.66. The molecule has 0 spiro atoms. The SMILES string of the molecule is O=C(O)c1cc(S(=O)(=O)NC2CCC2)ccc1Cl. The van der Waals surface area contributed by atoms with Crippen LogP contribution in [0.1, 0.15) is 29.6 Å². The van der Waals surface area contributed by atoms with Gasteiger partial charge in [0.25, 0.3) is 0 Å². The highest BCUT2D eigenvalue weighted by atomic mass is 35.5. The topological polar surface area (TPSA) is 83.5 Å². The first-order valence-electron chi connectivity index (χ1n) is 5.45. The molecule has 0 heterocycles. The number of sulfonamides is 1. The highest BCUT2D eigenvalue weighted by Crippen LogP contribution is 2.23. The van der Waals surface area contributed by atoms with E-state index in [1.54, 1.807) is 0 Å². The molecule has 0 saturated heterocycles. The molecule has 1 fully saturated rings. The van der Waals surface area contributed by atoms with Crippen molar-refractivity contribution in [1.82, 2.24) is 4.72 Å². The normalized spacial score (nSPS) is 16.3. The molecule has 0 unspecified atom stereocenters. The molecule has 2 N–H and O–H groups in total. The zero-order chi connectivity index (χ0) is 13.3. The second kappa shape index (κ2) is 4.87. The standard InChI is InChI=1S/C11H12ClNO4S/c12-10-5-4-8(6-9(10)11(14)15)18(16,17)13-7-2-1-3-7/h4-7,13H,1-3H2,(H,14,15). The van der Waals surface area contributed by atoms with Crippen LogP contribution in [0.4, 0.5) is 0 Å². The number of aromatic carboxylic acids is 1. The second-order valence-corrected chi connectivity index (χ2v) is 6.32. The van der Waals surface area contributed by atoms with Crippen molar-refractivity contribution in [1.29, 1.82) is 0 Å². The Morgan fingerprint density at radius 3 is 2.56 bits per heavy atom. The van der Waals surface area contributed by atoms with E-state index in [1.165, 1.54) is 12.1 Å². The molecule has 0 aliphatic heterocycles. The summed E-state index contributed by atoms with van der Waals surface area (Å²) in [6, 6.07) is 3.61. The molecule has 2 rings (SSSR count). The Morgan fingerprint density at radius 1 is 1.39 bits per heavy atom. The van der Waals surface area contributed by atoms with Crippen LogP contribution < -0.4 is 4.72 Å². The van der Waals surface area contributed by atoms with Gasteiger partial charge in [-0.15, -0.1) is 0 Å². The summed E-state index contributed by atoms with van der Waals surface area (Å²) in [5, 5.41) is 8.91. The lowest BCUT2D eigenvalue weighted by atomic mass is 9.94. The molecule has 0 aromatic heterocycles. The van der Waals surface area contributed by atoms with E-state index in [9.17, 15) is 13.2 Å². The summed E-state index contributed by atoms with van der Waals surface area (Å²) in [7, 11) is -3.67. The number of nitrogens with one attached hydrogen (secondary N) is 1. The van der Waals surface area contributed by atoms with Gasteiger partial charge in [-0.2, -0.15) is 0 Å². The van der Waals surface area contributed by atoms with Crippen molar-refractivity contribution in [3.8, 4) is 0 Å². The number of halogens is 1. The lowest BCUT2D eigenvalue weighted by Gasteiger charge is -2.26. The number of carboxylic acids is 1. The summed E-state index contributed by atoms with van der Waals surface area (Å²) in [6.07, 6.45) is 2.64. The minimum atomic E-state index is -3.67. The summed E-state index contributed by atoms with van der Waals surface area (Å²) in [4.78, 5) is 10.8. The molecule has 1 aromatic carbocycles. The highest BCUT2D eigenvalue weighted by Gasteiger charge is 2.25. The van der Waals surface area contributed by atoms with Gasteiger partial charge >= 0.3 is 5.97 Å². The third-order valence-corrected chi connectivity index (χ3v) is 4.75. The van der Waals surface area contributed by atoms with Crippen molar-refractivity contribution in [3.05, 3.63) is 28.8 Å². The average molecular weight is 290 g/mol. The van der Waals surface area contributed by atoms with Crippen LogP contribution >= 0.6 is 11.6 Å². The number of benzene rings is 1. The van der Waals surface area contributed by atoms with E-state index in [4.69, 9.17) is 16.7 Å². The zero-order valence-corrected chi connectivity index (χ0v) is 11.0. The first-order chi connectivity index (χ1) is 8.40. The van der Waals surface area contributed by atoms with Crippen LogP contribution in [-0.2, 0) is 10.0 Å². The molecular weight excluding hydrogens is 278 g/mol. The predicted octanol–water partition coefficient (Wildman–Crippen LogP) is 1.87. The van der Waals surface area contributed by atoms with Crippen LogP contribution in [0.25, 0.3) is 0 Å². The van der Waals surface area contributed by atoms with E-state index in [0.29, 0.717) is 0 Å². The second-order valence-electron chi connectivity index (χ2n) is 4.20. The van der Waals surface area contributed by atoms with E-state index in [0.717, 1.165) is 25.3 Å². The van der Waals surface area contributed by atoms with Gasteiger partial charge < -0.3 is 5.11 Å². The van der Waals surface area contributed by atoms with Crippen molar-refractivity contribution < 1.29 is 18.3 Å². The first-order valence-corrected chi connectivity index (χ1v) is 7.31. The summed E-state index contributed by atoms with van der Waals surface area (Å²) in [5.74, 6) is -1.25. The number of rotatable bonds is 4. The Bertz CT molecular complexity index is 581. The molecule has 98 valence electrons. The van der Waals surface area contributed by atoms with Gasteiger partial charge in [-0.25, -0.2) is 17.9 Å². The highest BCUT2D eigenvalue weighted by molar-refractivity contribution is 7.89. The first kappa shape index (κ1) is 13.3. The van der Waals surface area contributed by atoms with Crippen LogP contribution in [0.3, 0.4) is 0 Å². The van der Waals surface area contributed by atoms with Gasteiger partial charge in [0.15, 0.2) is 0 Å². The largest absolute Gasteiger partial charge is 0.478 e. The minimum absolute atomic E-state index is 0.0186. The Hall–Kier alpha value is -1.11. The van der Waals surface area contributed by atoms with E-state index in [-0.39, 0.29) is 21.5 Å². The molecule has 1 saturated carbocycles. The maximum absolute atomic E-state index is 12.0. The van der Waals surface area contributed by atoms with Crippen LogP contribution in [0.15, 0.2) is 23.1 Å². The molecule has 7 heteroatoms. The fourth-order valence-corrected chi connectivity index (χ4v) is 3.18. The fraction of sp³-hybridized carbons (Fsp3) is 0.364. The van der Waals surface area contributed by atoms with Gasteiger partial charge in [0.1, 0.15) is 0 Å². The summed E-state index contributed by atoms with van der Waals surface area (Å²) in [5.41, 5.74) is -0.215. The number of carbonyl (C=O) groups is 1. The van der Waals surface area contributed by atoms with E-state index < -0.39 is 16.0 Å². The van der Waals surface area contributed by atoms with Gasteiger partial charge in [0, 0.05) is 6.04 Å². The molecule has 5 nitrogen and oxygen atoms in total. The monoisotopic (exact) mass is 289 g/mol. The maximum atomic E-state index is 12.0. The van der Waals surface area contributed by atoms with Gasteiger partial charge in [-0.1, -0.05) is 18.0 Å². The Morgan fingerprint density at radius 2 is 2.06 bits per heavy atom. The minimum Gasteiger partial charge on any atom is -0.478 e. The quantitative estimate of drug-likeness (QED) is 0.886. The lowest BCUT2D eigenvalue weighted by molar-refractivity contribution is 0.0697. The molecule has 0 atom stereocenters. The molecule has 0 radical (unpaired) electrons. The van der Waals surface area contributed by atoms with E-state index >= 15 is 0 Å². The maximum Gasteiger partial charge on any atom is 0.337 e. The van der Waals surface area contributed by atoms with Gasteiger partial charge in [-0.3, -0.25) is 0 Å². The average Bonchev–Trinajstić information content (AvgIpc) is 2.23. The summed E-state index contributed by atoms with van der Waals surface area (Å²) in [6.45, 7) is 0. The number of carboxylic acid groups (broad SMARTS) is 1. The van der Waals surface area contributed by atoms with Crippen LogP contribution in [0.5, 0.6) is 0 Å². The lowest BCUT2D eigenvalue weighted by Crippen LogP contribution is -2.39. The van der Waals surface area contributed by atoms with Gasteiger partial charge in [0.2, 0.25) is 10.0 Å². The Labute approximate surface area is 110 Å². The van der Waals surface area contributed by atoms with E-state index in [2.05, 4.69) is 4.72 Å². The molecule has 1 aliphatic carbocycles. The van der Waals surface area contributed by atoms with Crippen LogP contribution in [0.2, 0.25) is 5.02 Å². The van der Waals surface area contributed by atoms with Crippen molar-refractivity contribution in [3.63, 3.8) is 0 Å². The van der Waals surface area contributed by atoms with Gasteiger partial charge in [0.05, 0.1) is 15.5 Å².